The second-order valence-corrected chi connectivity index (χ2v) is 9.13. The fraction of sp³-hybridized carbons (Fsp3) is 0.400. The van der Waals surface area contributed by atoms with Crippen LogP contribution in [0.1, 0.15) is 53.6 Å². The molecule has 3 nitrogen and oxygen atoms in total. The number of nitriles is 1. The molecule has 1 N–H and O–H groups in total. The van der Waals surface area contributed by atoms with Gasteiger partial charge < -0.3 is 5.32 Å². The minimum absolute atomic E-state index is 0.209. The van der Waals surface area contributed by atoms with E-state index in [4.69, 9.17) is 11.6 Å². The van der Waals surface area contributed by atoms with E-state index in [0.717, 1.165) is 24.8 Å². The molecule has 1 aliphatic rings. The van der Waals surface area contributed by atoms with Gasteiger partial charge >= 0.3 is 0 Å². The lowest BCUT2D eigenvalue weighted by atomic mass is 9.72. The van der Waals surface area contributed by atoms with Gasteiger partial charge in [-0.05, 0) is 60.4 Å². The summed E-state index contributed by atoms with van der Waals surface area (Å²) >= 11 is 7.42. The summed E-state index contributed by atoms with van der Waals surface area (Å²) in [4.78, 5) is 13.7. The van der Waals surface area contributed by atoms with E-state index in [2.05, 4.69) is 32.2 Å². The zero-order valence-electron chi connectivity index (χ0n) is 14.6. The second kappa shape index (κ2) is 6.82. The van der Waals surface area contributed by atoms with Crippen molar-refractivity contribution < 1.29 is 4.79 Å². The van der Waals surface area contributed by atoms with Gasteiger partial charge in [0.1, 0.15) is 11.1 Å². The van der Waals surface area contributed by atoms with Crippen LogP contribution < -0.4 is 5.32 Å². The van der Waals surface area contributed by atoms with Crippen LogP contribution in [0.3, 0.4) is 0 Å². The number of hydrogen-bond acceptors (Lipinski definition) is 3. The van der Waals surface area contributed by atoms with Crippen molar-refractivity contribution in [3.63, 3.8) is 0 Å². The van der Waals surface area contributed by atoms with Crippen molar-refractivity contribution in [2.45, 2.75) is 40.0 Å². The lowest BCUT2D eigenvalue weighted by Gasteiger charge is -2.33. The summed E-state index contributed by atoms with van der Waals surface area (Å²) in [6.07, 6.45) is 2.98. The minimum atomic E-state index is -0.209. The van der Waals surface area contributed by atoms with Crippen molar-refractivity contribution in [1.29, 1.82) is 5.26 Å². The molecule has 0 unspecified atom stereocenters. The number of carbonyl (C=O) groups is 1. The van der Waals surface area contributed by atoms with Crippen molar-refractivity contribution in [3.8, 4) is 6.07 Å². The Morgan fingerprint density at radius 1 is 1.32 bits per heavy atom. The molecule has 1 aromatic heterocycles. The molecule has 130 valence electrons. The largest absolute Gasteiger partial charge is 0.312 e. The Bertz CT molecular complexity index is 840. The number of nitrogens with zero attached hydrogens (tertiary/aromatic N) is 1. The zero-order chi connectivity index (χ0) is 18.2. The van der Waals surface area contributed by atoms with E-state index in [-0.39, 0.29) is 11.3 Å². The molecule has 1 amide bonds. The number of fused-ring (bicyclic) bond motifs is 1. The van der Waals surface area contributed by atoms with Crippen molar-refractivity contribution in [1.82, 2.24) is 0 Å². The molecule has 0 saturated carbocycles. The van der Waals surface area contributed by atoms with Crippen LogP contribution in [0.2, 0.25) is 5.02 Å². The molecule has 0 fully saturated rings. The zero-order valence-corrected chi connectivity index (χ0v) is 16.2. The van der Waals surface area contributed by atoms with E-state index in [1.165, 1.54) is 4.88 Å². The maximum Gasteiger partial charge on any atom is 0.256 e. The monoisotopic (exact) mass is 372 g/mol. The summed E-state index contributed by atoms with van der Waals surface area (Å²) in [7, 11) is 0. The van der Waals surface area contributed by atoms with Gasteiger partial charge in [0.05, 0.1) is 5.56 Å². The summed E-state index contributed by atoms with van der Waals surface area (Å²) in [5.74, 6) is 0.393. The van der Waals surface area contributed by atoms with Gasteiger partial charge in [-0.15, -0.1) is 11.3 Å². The number of halogens is 1. The van der Waals surface area contributed by atoms with Crippen LogP contribution >= 0.6 is 22.9 Å². The molecule has 0 bridgehead atoms. The maximum absolute atomic E-state index is 12.5. The quantitative estimate of drug-likeness (QED) is 0.737. The highest BCUT2D eigenvalue weighted by molar-refractivity contribution is 7.16. The first-order chi connectivity index (χ1) is 11.8. The Morgan fingerprint density at radius 2 is 2.00 bits per heavy atom. The topological polar surface area (TPSA) is 52.9 Å². The van der Waals surface area contributed by atoms with Crippen LogP contribution in [-0.4, -0.2) is 5.91 Å². The minimum Gasteiger partial charge on any atom is -0.312 e. The Morgan fingerprint density at radius 3 is 2.60 bits per heavy atom. The number of thiophene rings is 1. The fourth-order valence-electron chi connectivity index (χ4n) is 3.31. The molecule has 25 heavy (non-hydrogen) atoms. The standard InChI is InChI=1S/C20H21ClN2OS/c1-20(2,3)13-6-9-15-16(11-22)19(25-17(15)10-13)23-18(24)12-4-7-14(21)8-5-12/h4-5,7-8,13H,6,9-10H2,1-3H3,(H,23,24)/t13-/m0/s1. The number of benzene rings is 1. The molecule has 3 rings (SSSR count). The first-order valence-corrected chi connectivity index (χ1v) is 9.60. The summed E-state index contributed by atoms with van der Waals surface area (Å²) < 4.78 is 0. The molecule has 1 aromatic carbocycles. The number of hydrogen-bond donors (Lipinski definition) is 1. The molecule has 2 aromatic rings. The molecule has 0 radical (unpaired) electrons. The molecule has 1 atom stereocenters. The van der Waals surface area contributed by atoms with Gasteiger partial charge in [0.25, 0.3) is 5.91 Å². The molecule has 1 heterocycles. The first-order valence-electron chi connectivity index (χ1n) is 8.41. The predicted octanol–water partition coefficient (Wildman–Crippen LogP) is 5.68. The number of anilines is 1. The number of amides is 1. The SMILES string of the molecule is CC(C)(C)[C@H]1CCc2c(sc(NC(=O)c3ccc(Cl)cc3)c2C#N)C1. The molecule has 5 heteroatoms. The third kappa shape index (κ3) is 3.73. The van der Waals surface area contributed by atoms with Gasteiger partial charge in [0.2, 0.25) is 0 Å². The summed E-state index contributed by atoms with van der Waals surface area (Å²) in [5.41, 5.74) is 2.54. The Balaban J connectivity index is 1.86. The third-order valence-electron chi connectivity index (χ3n) is 4.94. The van der Waals surface area contributed by atoms with Gasteiger partial charge in [-0.25, -0.2) is 0 Å². The van der Waals surface area contributed by atoms with Gasteiger partial charge in [-0.3, -0.25) is 4.79 Å². The molecule has 0 aliphatic heterocycles. The lowest BCUT2D eigenvalue weighted by Crippen LogP contribution is -2.26. The number of nitrogens with one attached hydrogen (secondary N) is 1. The van der Waals surface area contributed by atoms with E-state index in [9.17, 15) is 10.1 Å². The smallest absolute Gasteiger partial charge is 0.256 e. The second-order valence-electron chi connectivity index (χ2n) is 7.59. The van der Waals surface area contributed by atoms with Crippen molar-refractivity contribution in [2.24, 2.45) is 11.3 Å². The average molecular weight is 373 g/mol. The normalized spacial score (nSPS) is 16.8. The van der Waals surface area contributed by atoms with Crippen molar-refractivity contribution >= 4 is 33.8 Å². The lowest BCUT2D eigenvalue weighted by molar-refractivity contribution is 0.102. The Kier molecular flexibility index (Phi) is 4.90. The predicted molar refractivity (Wildman–Crippen MR) is 103 cm³/mol. The van der Waals surface area contributed by atoms with E-state index in [1.54, 1.807) is 35.6 Å². The van der Waals surface area contributed by atoms with Crippen LogP contribution in [0.25, 0.3) is 0 Å². The summed E-state index contributed by atoms with van der Waals surface area (Å²) in [6, 6.07) is 9.05. The molecule has 1 aliphatic carbocycles. The van der Waals surface area contributed by atoms with Gasteiger partial charge in [-0.1, -0.05) is 32.4 Å². The average Bonchev–Trinajstić information content (AvgIpc) is 2.90. The highest BCUT2D eigenvalue weighted by Crippen LogP contribution is 2.44. The van der Waals surface area contributed by atoms with E-state index in [0.29, 0.717) is 27.1 Å². The van der Waals surface area contributed by atoms with Crippen molar-refractivity contribution in [2.75, 3.05) is 5.32 Å². The van der Waals surface area contributed by atoms with Crippen LogP contribution in [0.4, 0.5) is 5.00 Å². The Hall–Kier alpha value is -1.83. The summed E-state index contributed by atoms with van der Waals surface area (Å²) in [5, 5.41) is 13.8. The third-order valence-corrected chi connectivity index (χ3v) is 6.36. The molecule has 0 spiro atoms. The fourth-order valence-corrected chi connectivity index (χ4v) is 4.71. The van der Waals surface area contributed by atoms with Gasteiger partial charge in [0, 0.05) is 15.5 Å². The van der Waals surface area contributed by atoms with Crippen LogP contribution in [0, 0.1) is 22.7 Å². The Labute approximate surface area is 157 Å². The van der Waals surface area contributed by atoms with Crippen molar-refractivity contribution in [3.05, 3.63) is 50.9 Å². The summed E-state index contributed by atoms with van der Waals surface area (Å²) in [6.45, 7) is 6.81. The number of rotatable bonds is 2. The molecular weight excluding hydrogens is 352 g/mol. The van der Waals surface area contributed by atoms with E-state index >= 15 is 0 Å². The maximum atomic E-state index is 12.5. The van der Waals surface area contributed by atoms with E-state index in [1.807, 2.05) is 0 Å². The van der Waals surface area contributed by atoms with Crippen LogP contribution in [-0.2, 0) is 12.8 Å². The highest BCUT2D eigenvalue weighted by Gasteiger charge is 2.32. The molecule has 0 saturated heterocycles. The number of carbonyl (C=O) groups excluding carboxylic acids is 1. The first kappa shape index (κ1) is 18.0. The van der Waals surface area contributed by atoms with Gasteiger partial charge in [-0.2, -0.15) is 5.26 Å². The molecular formula is C20H21ClN2OS. The highest BCUT2D eigenvalue weighted by atomic mass is 35.5. The van der Waals surface area contributed by atoms with Crippen LogP contribution in [0.5, 0.6) is 0 Å². The van der Waals surface area contributed by atoms with E-state index < -0.39 is 0 Å². The van der Waals surface area contributed by atoms with Crippen LogP contribution in [0.15, 0.2) is 24.3 Å². The van der Waals surface area contributed by atoms with Gasteiger partial charge in [0.15, 0.2) is 0 Å².